The Labute approximate surface area is 147 Å². The molecule has 0 aromatic carbocycles. The number of thiophene rings is 1. The van der Waals surface area contributed by atoms with Crippen molar-refractivity contribution in [3.63, 3.8) is 0 Å². The second kappa shape index (κ2) is 6.90. The van der Waals surface area contributed by atoms with Crippen LogP contribution in [0.4, 0.5) is 5.82 Å². The Morgan fingerprint density at radius 1 is 1.33 bits per heavy atom. The predicted molar refractivity (Wildman–Crippen MR) is 96.5 cm³/mol. The van der Waals surface area contributed by atoms with Gasteiger partial charge in [-0.05, 0) is 24.3 Å². The highest BCUT2D eigenvalue weighted by Crippen LogP contribution is 2.31. The average molecular weight is 359 g/mol. The van der Waals surface area contributed by atoms with Gasteiger partial charge in [-0.15, -0.1) is 11.3 Å². The van der Waals surface area contributed by atoms with E-state index in [1.165, 1.54) is 24.6 Å². The molecule has 0 radical (unpaired) electrons. The molecule has 3 aromatic heterocycles. The van der Waals surface area contributed by atoms with E-state index in [0.717, 1.165) is 33.9 Å². The fourth-order valence-corrected chi connectivity index (χ4v) is 4.63. The predicted octanol–water partition coefficient (Wildman–Crippen LogP) is 3.73. The molecule has 8 heteroatoms. The van der Waals surface area contributed by atoms with Gasteiger partial charge < -0.3 is 5.32 Å². The highest BCUT2D eigenvalue weighted by atomic mass is 32.2. The smallest absolute Gasteiger partial charge is 0.235 e. The van der Waals surface area contributed by atoms with Gasteiger partial charge in [0.1, 0.15) is 22.0 Å². The van der Waals surface area contributed by atoms with Crippen LogP contribution in [0.2, 0.25) is 0 Å². The zero-order valence-electron chi connectivity index (χ0n) is 13.0. The maximum Gasteiger partial charge on any atom is 0.235 e. The molecule has 1 amide bonds. The quantitative estimate of drug-likeness (QED) is 0.555. The number of anilines is 1. The van der Waals surface area contributed by atoms with Crippen molar-refractivity contribution < 1.29 is 4.79 Å². The lowest BCUT2D eigenvalue weighted by Gasteiger charge is -2.14. The van der Waals surface area contributed by atoms with Crippen LogP contribution in [0.5, 0.6) is 0 Å². The van der Waals surface area contributed by atoms with Crippen LogP contribution in [0.1, 0.15) is 31.7 Å². The number of amides is 1. The number of carbonyl (C=O) groups is 1. The van der Waals surface area contributed by atoms with Gasteiger partial charge in [0, 0.05) is 11.5 Å². The third-order valence-electron chi connectivity index (χ3n) is 4.17. The Bertz CT molecular complexity index is 853. The monoisotopic (exact) mass is 359 g/mol. The molecular weight excluding hydrogens is 342 g/mol. The van der Waals surface area contributed by atoms with Gasteiger partial charge in [0.05, 0.1) is 18.0 Å². The summed E-state index contributed by atoms with van der Waals surface area (Å²) in [6.45, 7) is 0. The highest BCUT2D eigenvalue weighted by Gasteiger charge is 2.20. The molecule has 24 heavy (non-hydrogen) atoms. The summed E-state index contributed by atoms with van der Waals surface area (Å²) < 4.78 is 1.96. The Morgan fingerprint density at radius 3 is 3.08 bits per heavy atom. The number of nitrogens with one attached hydrogen (secondary N) is 1. The van der Waals surface area contributed by atoms with E-state index in [-0.39, 0.29) is 5.91 Å². The van der Waals surface area contributed by atoms with Crippen LogP contribution >= 0.6 is 23.1 Å². The molecule has 3 aromatic rings. The molecule has 3 heterocycles. The molecule has 124 valence electrons. The molecule has 0 atom stereocenters. The topological polar surface area (TPSA) is 72.7 Å². The summed E-state index contributed by atoms with van der Waals surface area (Å²) >= 11 is 3.02. The lowest BCUT2D eigenvalue weighted by Crippen LogP contribution is -2.19. The van der Waals surface area contributed by atoms with Gasteiger partial charge in [0.2, 0.25) is 5.91 Å². The minimum Gasteiger partial charge on any atom is -0.310 e. The van der Waals surface area contributed by atoms with Crippen molar-refractivity contribution in [3.8, 4) is 0 Å². The molecule has 1 aliphatic carbocycles. The molecule has 0 unspecified atom stereocenters. The van der Waals surface area contributed by atoms with Crippen LogP contribution < -0.4 is 5.32 Å². The molecule has 4 rings (SSSR count). The van der Waals surface area contributed by atoms with Crippen LogP contribution in [-0.2, 0) is 4.79 Å². The van der Waals surface area contributed by atoms with Crippen molar-refractivity contribution in [1.29, 1.82) is 0 Å². The molecule has 1 fully saturated rings. The molecular formula is C16H17N5OS2. The van der Waals surface area contributed by atoms with Gasteiger partial charge in [0.15, 0.2) is 0 Å². The maximum atomic E-state index is 12.3. The first-order valence-corrected chi connectivity index (χ1v) is 9.82. The van der Waals surface area contributed by atoms with E-state index in [1.807, 2.05) is 22.2 Å². The van der Waals surface area contributed by atoms with Crippen LogP contribution in [0.3, 0.4) is 0 Å². The van der Waals surface area contributed by atoms with Crippen LogP contribution in [0.25, 0.3) is 10.2 Å². The second-order valence-corrected chi connectivity index (χ2v) is 7.61. The SMILES string of the molecule is O=C(CSc1ncnc2sccc12)Nc1ccnn1C1CCCC1. The largest absolute Gasteiger partial charge is 0.310 e. The Balaban J connectivity index is 1.41. The first kappa shape index (κ1) is 15.6. The van der Waals surface area contributed by atoms with Gasteiger partial charge in [-0.25, -0.2) is 14.6 Å². The molecule has 0 spiro atoms. The molecule has 0 saturated heterocycles. The van der Waals surface area contributed by atoms with E-state index in [0.29, 0.717) is 11.8 Å². The average Bonchev–Trinajstić information content (AvgIpc) is 3.32. The van der Waals surface area contributed by atoms with Crippen LogP contribution in [0, 0.1) is 0 Å². The lowest BCUT2D eigenvalue weighted by atomic mass is 10.2. The molecule has 1 saturated carbocycles. The van der Waals surface area contributed by atoms with Gasteiger partial charge in [0.25, 0.3) is 0 Å². The number of aromatic nitrogens is 4. The van der Waals surface area contributed by atoms with Crippen molar-refractivity contribution in [2.45, 2.75) is 36.8 Å². The summed E-state index contributed by atoms with van der Waals surface area (Å²) in [5.74, 6) is 1.07. The summed E-state index contributed by atoms with van der Waals surface area (Å²) in [6, 6.07) is 4.27. The number of nitrogens with zero attached hydrogens (tertiary/aromatic N) is 4. The Morgan fingerprint density at radius 2 is 2.21 bits per heavy atom. The summed E-state index contributed by atoms with van der Waals surface area (Å²) in [4.78, 5) is 21.8. The zero-order valence-corrected chi connectivity index (χ0v) is 14.6. The fourth-order valence-electron chi connectivity index (χ4n) is 3.05. The van der Waals surface area contributed by atoms with Gasteiger partial charge in [-0.2, -0.15) is 5.10 Å². The Hall–Kier alpha value is -1.93. The zero-order chi connectivity index (χ0) is 16.4. The molecule has 1 N–H and O–H groups in total. The normalized spacial score (nSPS) is 15.2. The van der Waals surface area contributed by atoms with Crippen molar-refractivity contribution >= 4 is 45.0 Å². The third-order valence-corrected chi connectivity index (χ3v) is 6.00. The first-order valence-electron chi connectivity index (χ1n) is 7.95. The summed E-state index contributed by atoms with van der Waals surface area (Å²) in [7, 11) is 0. The minimum atomic E-state index is -0.0401. The van der Waals surface area contributed by atoms with E-state index in [1.54, 1.807) is 23.9 Å². The summed E-state index contributed by atoms with van der Waals surface area (Å²) in [5.41, 5.74) is 0. The number of thioether (sulfide) groups is 1. The fraction of sp³-hybridized carbons (Fsp3) is 0.375. The van der Waals surface area contributed by atoms with Gasteiger partial charge >= 0.3 is 0 Å². The van der Waals surface area contributed by atoms with Gasteiger partial charge in [-0.1, -0.05) is 24.6 Å². The standard InChI is InChI=1S/C16H17N5OS2/c22-14(9-24-16-12-6-8-23-15(12)17-10-18-16)20-13-5-7-19-21(13)11-3-1-2-4-11/h5-8,10-11H,1-4,9H2,(H,20,22). The Kier molecular flexibility index (Phi) is 4.48. The highest BCUT2D eigenvalue weighted by molar-refractivity contribution is 8.00. The number of rotatable bonds is 5. The van der Waals surface area contributed by atoms with Crippen molar-refractivity contribution in [1.82, 2.24) is 19.7 Å². The van der Waals surface area contributed by atoms with Gasteiger partial charge in [-0.3, -0.25) is 4.79 Å². The molecule has 6 nitrogen and oxygen atoms in total. The van der Waals surface area contributed by atoms with E-state index in [4.69, 9.17) is 0 Å². The first-order chi connectivity index (χ1) is 11.8. The molecule has 0 bridgehead atoms. The van der Waals surface area contributed by atoms with E-state index in [9.17, 15) is 4.79 Å². The number of fused-ring (bicyclic) bond motifs is 1. The van der Waals surface area contributed by atoms with Crippen molar-refractivity contribution in [2.75, 3.05) is 11.1 Å². The van der Waals surface area contributed by atoms with E-state index < -0.39 is 0 Å². The number of hydrogen-bond acceptors (Lipinski definition) is 6. The van der Waals surface area contributed by atoms with Crippen molar-refractivity contribution in [2.24, 2.45) is 0 Å². The number of hydrogen-bond donors (Lipinski definition) is 1. The number of carbonyl (C=O) groups excluding carboxylic acids is 1. The maximum absolute atomic E-state index is 12.3. The van der Waals surface area contributed by atoms with Crippen molar-refractivity contribution in [3.05, 3.63) is 30.0 Å². The summed E-state index contributed by atoms with van der Waals surface area (Å²) in [5, 5.41) is 11.2. The van der Waals surface area contributed by atoms with E-state index in [2.05, 4.69) is 20.4 Å². The second-order valence-electron chi connectivity index (χ2n) is 5.75. The summed E-state index contributed by atoms with van der Waals surface area (Å²) in [6.07, 6.45) is 8.04. The van der Waals surface area contributed by atoms with Crippen LogP contribution in [-0.4, -0.2) is 31.4 Å². The molecule has 1 aliphatic rings. The van der Waals surface area contributed by atoms with E-state index >= 15 is 0 Å². The van der Waals surface area contributed by atoms with Crippen LogP contribution in [0.15, 0.2) is 35.1 Å². The lowest BCUT2D eigenvalue weighted by molar-refractivity contribution is -0.113. The third kappa shape index (κ3) is 3.16. The minimum absolute atomic E-state index is 0.0401. The molecule has 0 aliphatic heterocycles.